The smallest absolute Gasteiger partial charge is 0.336 e. The van der Waals surface area contributed by atoms with Crippen molar-refractivity contribution < 1.29 is 14.7 Å². The molecule has 0 aromatic heterocycles. The minimum absolute atomic E-state index is 0.0393. The molecular formula is C14H8Cl2O3. The number of aldehydes is 1. The van der Waals surface area contributed by atoms with Gasteiger partial charge in [-0.15, -0.1) is 0 Å². The minimum Gasteiger partial charge on any atom is -0.478 e. The van der Waals surface area contributed by atoms with Gasteiger partial charge in [-0.3, -0.25) is 4.79 Å². The van der Waals surface area contributed by atoms with E-state index in [-0.39, 0.29) is 15.6 Å². The fourth-order valence-corrected chi connectivity index (χ4v) is 2.21. The first-order valence-electron chi connectivity index (χ1n) is 5.31. The van der Waals surface area contributed by atoms with Crippen LogP contribution in [0.15, 0.2) is 36.4 Å². The second kappa shape index (κ2) is 5.43. The predicted octanol–water partition coefficient (Wildman–Crippen LogP) is 4.17. The number of carbonyl (C=O) groups excluding carboxylic acids is 1. The van der Waals surface area contributed by atoms with Gasteiger partial charge in [0, 0.05) is 11.1 Å². The molecule has 0 saturated carbocycles. The second-order valence-corrected chi connectivity index (χ2v) is 4.62. The summed E-state index contributed by atoms with van der Waals surface area (Å²) in [5.41, 5.74) is 1.32. The first kappa shape index (κ1) is 13.6. The van der Waals surface area contributed by atoms with E-state index in [9.17, 15) is 14.7 Å². The summed E-state index contributed by atoms with van der Waals surface area (Å²) in [5, 5.41) is 9.62. The molecule has 0 radical (unpaired) electrons. The molecule has 2 rings (SSSR count). The lowest BCUT2D eigenvalue weighted by atomic mass is 9.98. The molecule has 1 N–H and O–H groups in total. The summed E-state index contributed by atoms with van der Waals surface area (Å²) < 4.78 is 0. The molecule has 0 spiro atoms. The fraction of sp³-hybridized carbons (Fsp3) is 0. The molecule has 0 unspecified atom stereocenters. The van der Waals surface area contributed by atoms with Crippen molar-refractivity contribution in [2.45, 2.75) is 0 Å². The molecule has 96 valence electrons. The molecule has 0 aliphatic rings. The molecule has 0 atom stereocenters. The largest absolute Gasteiger partial charge is 0.478 e. The third-order valence-corrected chi connectivity index (χ3v) is 3.44. The van der Waals surface area contributed by atoms with Crippen molar-refractivity contribution in [2.75, 3.05) is 0 Å². The van der Waals surface area contributed by atoms with Gasteiger partial charge in [0.2, 0.25) is 0 Å². The normalized spacial score (nSPS) is 10.2. The quantitative estimate of drug-likeness (QED) is 0.864. The minimum atomic E-state index is -1.11. The molecule has 0 amide bonds. The topological polar surface area (TPSA) is 54.4 Å². The number of carbonyl (C=O) groups is 2. The highest BCUT2D eigenvalue weighted by atomic mass is 35.5. The van der Waals surface area contributed by atoms with Crippen LogP contribution in [-0.4, -0.2) is 17.4 Å². The summed E-state index contributed by atoms with van der Waals surface area (Å²) in [7, 11) is 0. The van der Waals surface area contributed by atoms with Crippen molar-refractivity contribution in [2.24, 2.45) is 0 Å². The van der Waals surface area contributed by atoms with Crippen LogP contribution in [-0.2, 0) is 0 Å². The Balaban J connectivity index is 2.75. The van der Waals surface area contributed by atoms with Crippen molar-refractivity contribution in [1.82, 2.24) is 0 Å². The molecule has 2 aromatic carbocycles. The van der Waals surface area contributed by atoms with E-state index in [0.29, 0.717) is 23.0 Å². The zero-order chi connectivity index (χ0) is 14.0. The SMILES string of the molecule is O=Cc1cccc(-c2c(C(=O)O)ccc(Cl)c2Cl)c1. The van der Waals surface area contributed by atoms with E-state index >= 15 is 0 Å². The lowest BCUT2D eigenvalue weighted by molar-refractivity contribution is 0.0697. The number of carboxylic acids is 1. The van der Waals surface area contributed by atoms with Gasteiger partial charge in [-0.1, -0.05) is 41.4 Å². The molecule has 0 bridgehead atoms. The molecular weight excluding hydrogens is 287 g/mol. The molecule has 5 heteroatoms. The molecule has 0 heterocycles. The molecule has 19 heavy (non-hydrogen) atoms. The molecule has 0 saturated heterocycles. The Labute approximate surface area is 119 Å². The maximum absolute atomic E-state index is 11.2. The van der Waals surface area contributed by atoms with E-state index in [1.807, 2.05) is 0 Å². The Hall–Kier alpha value is -1.84. The van der Waals surface area contributed by atoms with E-state index in [1.54, 1.807) is 24.3 Å². The number of halogens is 2. The van der Waals surface area contributed by atoms with E-state index in [4.69, 9.17) is 23.2 Å². The summed E-state index contributed by atoms with van der Waals surface area (Å²) >= 11 is 12.0. The lowest BCUT2D eigenvalue weighted by Gasteiger charge is -2.10. The monoisotopic (exact) mass is 294 g/mol. The highest BCUT2D eigenvalue weighted by Gasteiger charge is 2.17. The zero-order valence-corrected chi connectivity index (χ0v) is 11.1. The van der Waals surface area contributed by atoms with Gasteiger partial charge >= 0.3 is 5.97 Å². The molecule has 2 aromatic rings. The fourth-order valence-electron chi connectivity index (χ4n) is 1.78. The first-order chi connectivity index (χ1) is 9.04. The Bertz CT molecular complexity index is 666. The number of hydrogen-bond donors (Lipinski definition) is 1. The van der Waals surface area contributed by atoms with Gasteiger partial charge in [0.15, 0.2) is 0 Å². The van der Waals surface area contributed by atoms with Gasteiger partial charge in [0.1, 0.15) is 6.29 Å². The third kappa shape index (κ3) is 2.62. The summed E-state index contributed by atoms with van der Waals surface area (Å²) in [6, 6.07) is 9.34. The van der Waals surface area contributed by atoms with Crippen molar-refractivity contribution >= 4 is 35.5 Å². The summed E-state index contributed by atoms with van der Waals surface area (Å²) in [6.45, 7) is 0. The summed E-state index contributed by atoms with van der Waals surface area (Å²) in [6.07, 6.45) is 0.683. The van der Waals surface area contributed by atoms with Crippen LogP contribution in [0.2, 0.25) is 10.0 Å². The van der Waals surface area contributed by atoms with Gasteiger partial charge in [0.25, 0.3) is 0 Å². The van der Waals surface area contributed by atoms with Crippen molar-refractivity contribution in [3.8, 4) is 11.1 Å². The summed E-state index contributed by atoms with van der Waals surface area (Å²) in [4.78, 5) is 22.0. The maximum Gasteiger partial charge on any atom is 0.336 e. The highest BCUT2D eigenvalue weighted by Crippen LogP contribution is 2.36. The zero-order valence-electron chi connectivity index (χ0n) is 9.56. The van der Waals surface area contributed by atoms with Crippen LogP contribution in [0.5, 0.6) is 0 Å². The van der Waals surface area contributed by atoms with Gasteiger partial charge in [-0.2, -0.15) is 0 Å². The Morgan fingerprint density at radius 3 is 2.53 bits per heavy atom. The van der Waals surface area contributed by atoms with Crippen LogP contribution in [0.4, 0.5) is 0 Å². The van der Waals surface area contributed by atoms with Crippen molar-refractivity contribution in [3.63, 3.8) is 0 Å². The summed E-state index contributed by atoms with van der Waals surface area (Å²) in [5.74, 6) is -1.11. The number of hydrogen-bond acceptors (Lipinski definition) is 2. The highest BCUT2D eigenvalue weighted by molar-refractivity contribution is 6.44. The molecule has 0 aliphatic heterocycles. The van der Waals surface area contributed by atoms with Gasteiger partial charge in [0.05, 0.1) is 15.6 Å². The molecule has 0 aliphatic carbocycles. The van der Waals surface area contributed by atoms with Crippen LogP contribution >= 0.6 is 23.2 Å². The van der Waals surface area contributed by atoms with Crippen molar-refractivity contribution in [3.05, 3.63) is 57.6 Å². The maximum atomic E-state index is 11.2. The first-order valence-corrected chi connectivity index (χ1v) is 6.07. The van der Waals surface area contributed by atoms with E-state index in [2.05, 4.69) is 0 Å². The van der Waals surface area contributed by atoms with Crippen LogP contribution in [0.25, 0.3) is 11.1 Å². The molecule has 0 fully saturated rings. The van der Waals surface area contributed by atoms with Crippen LogP contribution in [0, 0.1) is 0 Å². The number of rotatable bonds is 3. The number of benzene rings is 2. The average molecular weight is 295 g/mol. The Morgan fingerprint density at radius 1 is 1.16 bits per heavy atom. The van der Waals surface area contributed by atoms with Gasteiger partial charge in [-0.05, 0) is 23.8 Å². The van der Waals surface area contributed by atoms with Crippen LogP contribution < -0.4 is 0 Å². The third-order valence-electron chi connectivity index (χ3n) is 2.64. The second-order valence-electron chi connectivity index (χ2n) is 3.83. The standard InChI is InChI=1S/C14H8Cl2O3/c15-11-5-4-10(14(18)19)12(13(11)16)9-3-1-2-8(6-9)7-17/h1-7H,(H,18,19). The van der Waals surface area contributed by atoms with E-state index in [0.717, 1.165) is 0 Å². The van der Waals surface area contributed by atoms with Gasteiger partial charge < -0.3 is 5.11 Å². The Morgan fingerprint density at radius 2 is 1.89 bits per heavy atom. The number of carboxylic acid groups (broad SMARTS) is 1. The average Bonchev–Trinajstić information content (AvgIpc) is 2.41. The van der Waals surface area contributed by atoms with Crippen LogP contribution in [0.1, 0.15) is 20.7 Å². The van der Waals surface area contributed by atoms with Gasteiger partial charge in [-0.25, -0.2) is 4.79 Å². The van der Waals surface area contributed by atoms with Crippen LogP contribution in [0.3, 0.4) is 0 Å². The predicted molar refractivity (Wildman–Crippen MR) is 74.2 cm³/mol. The molecule has 3 nitrogen and oxygen atoms in total. The van der Waals surface area contributed by atoms with E-state index < -0.39 is 5.97 Å². The number of aromatic carboxylic acids is 1. The van der Waals surface area contributed by atoms with E-state index in [1.165, 1.54) is 12.1 Å². The van der Waals surface area contributed by atoms with Crippen molar-refractivity contribution in [1.29, 1.82) is 0 Å². The Kier molecular flexibility index (Phi) is 3.88. The lowest BCUT2D eigenvalue weighted by Crippen LogP contribution is -2.00.